The van der Waals surface area contributed by atoms with Crippen molar-refractivity contribution in [1.82, 2.24) is 15.1 Å². The number of aromatic nitrogens is 2. The summed E-state index contributed by atoms with van der Waals surface area (Å²) >= 11 is 12.0. The van der Waals surface area contributed by atoms with Crippen LogP contribution in [0.2, 0.25) is 10.0 Å². The first-order chi connectivity index (χ1) is 14.5. The van der Waals surface area contributed by atoms with Gasteiger partial charge in [0, 0.05) is 37.4 Å². The van der Waals surface area contributed by atoms with E-state index < -0.39 is 5.82 Å². The zero-order chi connectivity index (χ0) is 21.1. The molecular weight excluding hydrogens is 428 g/mol. The number of urea groups is 1. The Kier molecular flexibility index (Phi) is 6.01. The first kappa shape index (κ1) is 20.4. The minimum atomic E-state index is -0.523. The first-order valence-corrected chi connectivity index (χ1v) is 10.1. The highest BCUT2D eigenvalue weighted by atomic mass is 35.5. The van der Waals surface area contributed by atoms with E-state index in [1.165, 1.54) is 18.2 Å². The number of piperazine rings is 1. The maximum atomic E-state index is 13.3. The van der Waals surface area contributed by atoms with Gasteiger partial charge in [-0.2, -0.15) is 0 Å². The van der Waals surface area contributed by atoms with Crippen molar-refractivity contribution in [3.63, 3.8) is 0 Å². The van der Waals surface area contributed by atoms with Crippen LogP contribution in [0.3, 0.4) is 0 Å². The van der Waals surface area contributed by atoms with Crippen LogP contribution in [0, 0.1) is 5.82 Å². The lowest BCUT2D eigenvalue weighted by molar-refractivity contribution is 0.208. The fraction of sp³-hybridized carbons (Fsp3) is 0.190. The van der Waals surface area contributed by atoms with Crippen LogP contribution in [0.15, 0.2) is 54.6 Å². The molecule has 1 aliphatic rings. The predicted octanol–water partition coefficient (Wildman–Crippen LogP) is 4.94. The largest absolute Gasteiger partial charge is 0.352 e. The van der Waals surface area contributed by atoms with Crippen molar-refractivity contribution in [3.05, 3.63) is 70.5 Å². The predicted molar refractivity (Wildman–Crippen MR) is 117 cm³/mol. The van der Waals surface area contributed by atoms with Crippen molar-refractivity contribution in [1.29, 1.82) is 0 Å². The van der Waals surface area contributed by atoms with Crippen LogP contribution in [0.4, 0.5) is 20.7 Å². The van der Waals surface area contributed by atoms with E-state index in [2.05, 4.69) is 20.4 Å². The number of hydrogen-bond acceptors (Lipinski definition) is 4. The molecule has 30 heavy (non-hydrogen) atoms. The molecule has 2 amide bonds. The molecule has 0 atom stereocenters. The number of benzene rings is 2. The molecule has 2 heterocycles. The van der Waals surface area contributed by atoms with Crippen molar-refractivity contribution in [2.24, 2.45) is 0 Å². The van der Waals surface area contributed by atoms with Crippen LogP contribution in [-0.4, -0.2) is 47.3 Å². The van der Waals surface area contributed by atoms with Crippen LogP contribution in [0.5, 0.6) is 0 Å². The van der Waals surface area contributed by atoms with Crippen molar-refractivity contribution in [2.75, 3.05) is 36.4 Å². The van der Waals surface area contributed by atoms with Crippen molar-refractivity contribution in [2.45, 2.75) is 0 Å². The Morgan fingerprint density at radius 1 is 0.933 bits per heavy atom. The molecule has 154 valence electrons. The average Bonchev–Trinajstić information content (AvgIpc) is 2.77. The van der Waals surface area contributed by atoms with Crippen molar-refractivity contribution in [3.8, 4) is 11.3 Å². The molecule has 9 heteroatoms. The summed E-state index contributed by atoms with van der Waals surface area (Å²) in [6, 6.07) is 15.1. The van der Waals surface area contributed by atoms with Gasteiger partial charge in [-0.3, -0.25) is 0 Å². The number of anilines is 2. The van der Waals surface area contributed by atoms with Gasteiger partial charge in [0.25, 0.3) is 0 Å². The number of carbonyl (C=O) groups excluding carboxylic acids is 1. The third-order valence-corrected chi connectivity index (χ3v) is 5.48. The summed E-state index contributed by atoms with van der Waals surface area (Å²) in [6.45, 7) is 2.29. The zero-order valence-corrected chi connectivity index (χ0v) is 17.4. The summed E-state index contributed by atoms with van der Waals surface area (Å²) in [5.41, 5.74) is 2.00. The van der Waals surface area contributed by atoms with Crippen LogP contribution in [-0.2, 0) is 0 Å². The summed E-state index contributed by atoms with van der Waals surface area (Å²) in [7, 11) is 0. The normalized spacial score (nSPS) is 14.0. The summed E-state index contributed by atoms with van der Waals surface area (Å²) in [4.78, 5) is 16.2. The molecule has 6 nitrogen and oxygen atoms in total. The number of nitrogens with one attached hydrogen (secondary N) is 1. The molecule has 1 aromatic heterocycles. The zero-order valence-electron chi connectivity index (χ0n) is 15.9. The number of rotatable bonds is 3. The summed E-state index contributed by atoms with van der Waals surface area (Å²) in [5, 5.41) is 12.0. The highest BCUT2D eigenvalue weighted by Gasteiger charge is 2.22. The molecule has 0 radical (unpaired) electrons. The molecule has 0 saturated carbocycles. The van der Waals surface area contributed by atoms with Gasteiger partial charge >= 0.3 is 6.03 Å². The Morgan fingerprint density at radius 3 is 2.37 bits per heavy atom. The molecule has 0 spiro atoms. The smallest absolute Gasteiger partial charge is 0.321 e. The molecule has 0 aliphatic carbocycles. The highest BCUT2D eigenvalue weighted by molar-refractivity contribution is 6.33. The Hall–Kier alpha value is -2.90. The van der Waals surface area contributed by atoms with E-state index in [4.69, 9.17) is 23.2 Å². The van der Waals surface area contributed by atoms with Crippen LogP contribution < -0.4 is 10.2 Å². The fourth-order valence-electron chi connectivity index (χ4n) is 3.22. The van der Waals surface area contributed by atoms with E-state index >= 15 is 0 Å². The lowest BCUT2D eigenvalue weighted by Gasteiger charge is -2.35. The second kappa shape index (κ2) is 8.85. The van der Waals surface area contributed by atoms with E-state index in [9.17, 15) is 9.18 Å². The number of nitrogens with zero attached hydrogens (tertiary/aromatic N) is 4. The van der Waals surface area contributed by atoms with E-state index in [0.29, 0.717) is 42.6 Å². The van der Waals surface area contributed by atoms with E-state index in [0.717, 1.165) is 11.4 Å². The Labute approximate surface area is 183 Å². The maximum absolute atomic E-state index is 13.3. The van der Waals surface area contributed by atoms with Crippen molar-refractivity contribution < 1.29 is 9.18 Å². The molecular formula is C21H18Cl2FN5O. The van der Waals surface area contributed by atoms with Crippen LogP contribution in [0.25, 0.3) is 11.3 Å². The molecule has 1 saturated heterocycles. The van der Waals surface area contributed by atoms with Crippen LogP contribution >= 0.6 is 23.2 Å². The fourth-order valence-corrected chi connectivity index (χ4v) is 3.63. The molecule has 3 aromatic rings. The lowest BCUT2D eigenvalue weighted by atomic mass is 10.1. The number of carbonyl (C=O) groups is 1. The Balaban J connectivity index is 1.35. The standard InChI is InChI=1S/C21H18Cl2FN5O/c22-16-4-2-1-3-15(16)19-7-8-20(27-26-19)28-9-11-29(12-10-28)21(30)25-14-5-6-18(24)17(23)13-14/h1-8,13H,9-12H2,(H,25,30). The average molecular weight is 446 g/mol. The maximum Gasteiger partial charge on any atom is 0.321 e. The van der Waals surface area contributed by atoms with Gasteiger partial charge in [0.05, 0.1) is 15.7 Å². The van der Waals surface area contributed by atoms with Gasteiger partial charge in [0.2, 0.25) is 0 Å². The summed E-state index contributed by atoms with van der Waals surface area (Å²) < 4.78 is 13.3. The van der Waals surface area contributed by atoms with Gasteiger partial charge in [0.15, 0.2) is 5.82 Å². The molecule has 0 bridgehead atoms. The number of hydrogen-bond donors (Lipinski definition) is 1. The molecule has 1 aliphatic heterocycles. The van der Waals surface area contributed by atoms with Crippen LogP contribution in [0.1, 0.15) is 0 Å². The number of halogens is 3. The van der Waals surface area contributed by atoms with Gasteiger partial charge in [0.1, 0.15) is 5.82 Å². The minimum Gasteiger partial charge on any atom is -0.352 e. The van der Waals surface area contributed by atoms with E-state index in [1.54, 1.807) is 4.90 Å². The Morgan fingerprint density at radius 2 is 1.70 bits per heavy atom. The lowest BCUT2D eigenvalue weighted by Crippen LogP contribution is -2.50. The van der Waals surface area contributed by atoms with Crippen molar-refractivity contribution >= 4 is 40.7 Å². The highest BCUT2D eigenvalue weighted by Crippen LogP contribution is 2.26. The summed E-state index contributed by atoms with van der Waals surface area (Å²) in [6.07, 6.45) is 0. The van der Waals surface area contributed by atoms with Gasteiger partial charge in [-0.1, -0.05) is 41.4 Å². The topological polar surface area (TPSA) is 61.4 Å². The third-order valence-electron chi connectivity index (χ3n) is 4.86. The molecule has 1 fully saturated rings. The Bertz CT molecular complexity index is 1060. The first-order valence-electron chi connectivity index (χ1n) is 9.36. The molecule has 1 N–H and O–H groups in total. The third kappa shape index (κ3) is 4.47. The van der Waals surface area contributed by atoms with E-state index in [1.807, 2.05) is 36.4 Å². The molecule has 4 rings (SSSR count). The molecule has 0 unspecified atom stereocenters. The second-order valence-corrected chi connectivity index (χ2v) is 7.60. The SMILES string of the molecule is O=C(Nc1ccc(F)c(Cl)c1)N1CCN(c2ccc(-c3ccccc3Cl)nn2)CC1. The summed E-state index contributed by atoms with van der Waals surface area (Å²) in [5.74, 6) is 0.223. The monoisotopic (exact) mass is 445 g/mol. The number of amides is 2. The van der Waals surface area contributed by atoms with Gasteiger partial charge in [-0.05, 0) is 36.4 Å². The quantitative estimate of drug-likeness (QED) is 0.619. The van der Waals surface area contributed by atoms with E-state index in [-0.39, 0.29) is 11.1 Å². The molecule has 2 aromatic carbocycles. The van der Waals surface area contributed by atoms with Gasteiger partial charge in [-0.25, -0.2) is 9.18 Å². The second-order valence-electron chi connectivity index (χ2n) is 6.79. The minimum absolute atomic E-state index is 0.0311. The van der Waals surface area contributed by atoms with Gasteiger partial charge in [-0.15, -0.1) is 10.2 Å². The van der Waals surface area contributed by atoms with Gasteiger partial charge < -0.3 is 15.1 Å².